The summed E-state index contributed by atoms with van der Waals surface area (Å²) >= 11 is 0. The molecule has 0 aromatic heterocycles. The monoisotopic (exact) mass is 280 g/mol. The summed E-state index contributed by atoms with van der Waals surface area (Å²) in [6.45, 7) is 5.13. The molecule has 1 atom stereocenters. The van der Waals surface area contributed by atoms with Gasteiger partial charge in [0.15, 0.2) is 0 Å². The Morgan fingerprint density at radius 1 is 1.25 bits per heavy atom. The van der Waals surface area contributed by atoms with E-state index in [4.69, 9.17) is 15.2 Å². The van der Waals surface area contributed by atoms with Gasteiger partial charge in [0.05, 0.1) is 12.6 Å². The van der Waals surface area contributed by atoms with Crippen molar-refractivity contribution in [3.8, 4) is 5.75 Å². The van der Waals surface area contributed by atoms with E-state index in [1.807, 2.05) is 13.8 Å². The van der Waals surface area contributed by atoms with Crippen LogP contribution in [0.1, 0.15) is 20.3 Å². The van der Waals surface area contributed by atoms with Gasteiger partial charge in [-0.05, 0) is 36.6 Å². The first-order valence-corrected chi connectivity index (χ1v) is 6.81. The van der Waals surface area contributed by atoms with Crippen molar-refractivity contribution in [1.82, 2.24) is 0 Å². The maximum Gasteiger partial charge on any atom is 0.241 e. The highest BCUT2D eigenvalue weighted by molar-refractivity contribution is 5.94. The molecule has 1 aromatic carbocycles. The maximum atomic E-state index is 11.9. The van der Waals surface area contributed by atoms with Crippen molar-refractivity contribution in [3.05, 3.63) is 24.3 Å². The molecule has 1 unspecified atom stereocenters. The van der Waals surface area contributed by atoms with Gasteiger partial charge in [0.25, 0.3) is 0 Å². The van der Waals surface area contributed by atoms with Crippen LogP contribution in [0.3, 0.4) is 0 Å². The van der Waals surface area contributed by atoms with Crippen molar-refractivity contribution in [2.24, 2.45) is 11.7 Å². The quantitative estimate of drug-likeness (QED) is 0.715. The van der Waals surface area contributed by atoms with E-state index in [1.54, 1.807) is 31.4 Å². The van der Waals surface area contributed by atoms with Crippen LogP contribution in [0.5, 0.6) is 5.75 Å². The number of nitrogens with two attached hydrogens (primary N) is 1. The lowest BCUT2D eigenvalue weighted by atomic mass is 10.0. The van der Waals surface area contributed by atoms with Crippen LogP contribution in [-0.2, 0) is 9.53 Å². The SMILES string of the molecule is COCCOc1ccc(NC(=O)C(N)CC(C)C)cc1. The van der Waals surface area contributed by atoms with E-state index in [2.05, 4.69) is 5.32 Å². The number of ether oxygens (including phenoxy) is 2. The number of hydrogen-bond donors (Lipinski definition) is 2. The first-order valence-electron chi connectivity index (χ1n) is 6.81. The van der Waals surface area contributed by atoms with E-state index in [1.165, 1.54) is 0 Å². The first-order chi connectivity index (χ1) is 9.52. The highest BCUT2D eigenvalue weighted by Gasteiger charge is 2.14. The number of methoxy groups -OCH3 is 1. The minimum Gasteiger partial charge on any atom is -0.491 e. The Bertz CT molecular complexity index is 404. The minimum atomic E-state index is -0.479. The maximum absolute atomic E-state index is 11.9. The molecule has 0 bridgehead atoms. The van der Waals surface area contributed by atoms with Crippen LogP contribution in [0, 0.1) is 5.92 Å². The normalized spacial score (nSPS) is 12.2. The Labute approximate surface area is 120 Å². The number of amides is 1. The van der Waals surface area contributed by atoms with Gasteiger partial charge in [-0.3, -0.25) is 4.79 Å². The van der Waals surface area contributed by atoms with E-state index in [0.29, 0.717) is 31.2 Å². The third kappa shape index (κ3) is 6.04. The van der Waals surface area contributed by atoms with Gasteiger partial charge in [-0.2, -0.15) is 0 Å². The van der Waals surface area contributed by atoms with Crippen molar-refractivity contribution < 1.29 is 14.3 Å². The summed E-state index contributed by atoms with van der Waals surface area (Å²) in [5, 5.41) is 2.80. The average Bonchev–Trinajstić information content (AvgIpc) is 2.40. The molecular formula is C15H24N2O3. The van der Waals surface area contributed by atoms with Gasteiger partial charge in [-0.1, -0.05) is 13.8 Å². The lowest BCUT2D eigenvalue weighted by molar-refractivity contribution is -0.117. The van der Waals surface area contributed by atoms with Gasteiger partial charge in [0.2, 0.25) is 5.91 Å². The van der Waals surface area contributed by atoms with E-state index in [0.717, 1.165) is 5.75 Å². The zero-order valence-electron chi connectivity index (χ0n) is 12.4. The van der Waals surface area contributed by atoms with Crippen molar-refractivity contribution in [1.29, 1.82) is 0 Å². The van der Waals surface area contributed by atoms with Gasteiger partial charge in [0.1, 0.15) is 12.4 Å². The van der Waals surface area contributed by atoms with Gasteiger partial charge in [-0.15, -0.1) is 0 Å². The van der Waals surface area contributed by atoms with Gasteiger partial charge in [-0.25, -0.2) is 0 Å². The first kappa shape index (κ1) is 16.5. The topological polar surface area (TPSA) is 73.6 Å². The fourth-order valence-corrected chi connectivity index (χ4v) is 1.73. The molecule has 0 heterocycles. The third-order valence-corrected chi connectivity index (χ3v) is 2.74. The second kappa shape index (κ2) is 8.55. The van der Waals surface area contributed by atoms with Crippen molar-refractivity contribution in [2.45, 2.75) is 26.3 Å². The predicted molar refractivity (Wildman–Crippen MR) is 79.9 cm³/mol. The Hall–Kier alpha value is -1.59. The third-order valence-electron chi connectivity index (χ3n) is 2.74. The molecule has 0 fully saturated rings. The molecule has 5 nitrogen and oxygen atoms in total. The van der Waals surface area contributed by atoms with E-state index in [-0.39, 0.29) is 5.91 Å². The second-order valence-corrected chi connectivity index (χ2v) is 5.09. The van der Waals surface area contributed by atoms with Gasteiger partial charge in [0, 0.05) is 12.8 Å². The fourth-order valence-electron chi connectivity index (χ4n) is 1.73. The Kier molecular flexibility index (Phi) is 7.04. The van der Waals surface area contributed by atoms with Crippen LogP contribution >= 0.6 is 0 Å². The van der Waals surface area contributed by atoms with Crippen molar-refractivity contribution in [3.63, 3.8) is 0 Å². The number of nitrogens with one attached hydrogen (secondary N) is 1. The predicted octanol–water partition coefficient (Wildman–Crippen LogP) is 2.02. The molecule has 112 valence electrons. The van der Waals surface area contributed by atoms with Crippen LogP contribution in [0.4, 0.5) is 5.69 Å². The molecule has 0 saturated heterocycles. The molecule has 0 aliphatic rings. The standard InChI is InChI=1S/C15H24N2O3/c1-11(2)10-14(16)15(18)17-12-4-6-13(7-5-12)20-9-8-19-3/h4-7,11,14H,8-10,16H2,1-3H3,(H,17,18). The van der Waals surface area contributed by atoms with Crippen LogP contribution < -0.4 is 15.8 Å². The zero-order chi connectivity index (χ0) is 15.0. The Balaban J connectivity index is 2.46. The number of carbonyl (C=O) groups is 1. The number of carbonyl (C=O) groups excluding carboxylic acids is 1. The smallest absolute Gasteiger partial charge is 0.241 e. The molecule has 1 rings (SSSR count). The molecule has 3 N–H and O–H groups in total. The molecule has 1 amide bonds. The molecule has 5 heteroatoms. The summed E-state index contributed by atoms with van der Waals surface area (Å²) in [7, 11) is 1.63. The summed E-state index contributed by atoms with van der Waals surface area (Å²) in [6, 6.07) is 6.72. The summed E-state index contributed by atoms with van der Waals surface area (Å²) < 4.78 is 10.3. The van der Waals surface area contributed by atoms with E-state index < -0.39 is 6.04 Å². The molecule has 0 spiro atoms. The second-order valence-electron chi connectivity index (χ2n) is 5.09. The summed E-state index contributed by atoms with van der Waals surface area (Å²) in [6.07, 6.45) is 0.671. The van der Waals surface area contributed by atoms with Crippen molar-refractivity contribution in [2.75, 3.05) is 25.6 Å². The van der Waals surface area contributed by atoms with Crippen LogP contribution in [0.2, 0.25) is 0 Å². The lowest BCUT2D eigenvalue weighted by Crippen LogP contribution is -2.36. The number of benzene rings is 1. The number of anilines is 1. The summed E-state index contributed by atoms with van der Waals surface area (Å²) in [5.74, 6) is 0.977. The molecule has 0 aliphatic carbocycles. The minimum absolute atomic E-state index is 0.160. The average molecular weight is 280 g/mol. The number of rotatable bonds is 8. The highest BCUT2D eigenvalue weighted by atomic mass is 16.5. The molecule has 0 aliphatic heterocycles. The van der Waals surface area contributed by atoms with Crippen LogP contribution in [0.15, 0.2) is 24.3 Å². The van der Waals surface area contributed by atoms with E-state index >= 15 is 0 Å². The molecule has 1 aromatic rings. The molecule has 0 radical (unpaired) electrons. The summed E-state index contributed by atoms with van der Waals surface area (Å²) in [4.78, 5) is 11.9. The van der Waals surface area contributed by atoms with Gasteiger partial charge >= 0.3 is 0 Å². The number of hydrogen-bond acceptors (Lipinski definition) is 4. The van der Waals surface area contributed by atoms with Gasteiger partial charge < -0.3 is 20.5 Å². The highest BCUT2D eigenvalue weighted by Crippen LogP contribution is 2.16. The summed E-state index contributed by atoms with van der Waals surface area (Å²) in [5.41, 5.74) is 6.54. The van der Waals surface area contributed by atoms with Crippen LogP contribution in [0.25, 0.3) is 0 Å². The van der Waals surface area contributed by atoms with Crippen LogP contribution in [-0.4, -0.2) is 32.3 Å². The molecular weight excluding hydrogens is 256 g/mol. The fraction of sp³-hybridized carbons (Fsp3) is 0.533. The molecule has 0 saturated carbocycles. The largest absolute Gasteiger partial charge is 0.491 e. The van der Waals surface area contributed by atoms with Crippen molar-refractivity contribution >= 4 is 11.6 Å². The Morgan fingerprint density at radius 3 is 2.45 bits per heavy atom. The van der Waals surface area contributed by atoms with E-state index in [9.17, 15) is 4.79 Å². The zero-order valence-corrected chi connectivity index (χ0v) is 12.4. The Morgan fingerprint density at radius 2 is 1.90 bits per heavy atom. The lowest BCUT2D eigenvalue weighted by Gasteiger charge is -2.14. The molecule has 20 heavy (non-hydrogen) atoms.